The number of benzene rings is 1. The highest BCUT2D eigenvalue weighted by Crippen LogP contribution is 2.26. The molecule has 5 nitrogen and oxygen atoms in total. The Balaban J connectivity index is 1.38. The molecule has 180 valence electrons. The molecule has 1 amide bonds. The second-order valence-electron chi connectivity index (χ2n) is 9.14. The molecule has 0 aliphatic carbocycles. The van der Waals surface area contributed by atoms with Crippen molar-refractivity contribution in [1.82, 2.24) is 4.90 Å². The highest BCUT2D eigenvalue weighted by Gasteiger charge is 2.31. The third-order valence-corrected chi connectivity index (χ3v) is 7.87. The lowest BCUT2D eigenvalue weighted by Crippen LogP contribution is -2.35. The fraction of sp³-hybridized carbons (Fsp3) is 0.556. The molecular weight excluding hydrogens is 434 g/mol. The van der Waals surface area contributed by atoms with Crippen molar-refractivity contribution in [1.29, 1.82) is 0 Å². The van der Waals surface area contributed by atoms with E-state index in [0.29, 0.717) is 11.3 Å². The summed E-state index contributed by atoms with van der Waals surface area (Å²) in [6.45, 7) is 2.87. The molecule has 1 aliphatic rings. The number of methoxy groups -OCH3 is 1. The zero-order valence-electron chi connectivity index (χ0n) is 19.9. The van der Waals surface area contributed by atoms with Crippen LogP contribution >= 0.6 is 11.3 Å². The van der Waals surface area contributed by atoms with E-state index >= 15 is 0 Å². The van der Waals surface area contributed by atoms with Crippen LogP contribution in [0, 0.1) is 5.92 Å². The predicted octanol–water partition coefficient (Wildman–Crippen LogP) is 5.26. The molecule has 1 saturated heterocycles. The van der Waals surface area contributed by atoms with E-state index in [2.05, 4.69) is 31.2 Å². The Labute approximate surface area is 201 Å². The number of likely N-dealkylation sites (tertiary alicyclic amines) is 1. The molecule has 6 heteroatoms. The molecule has 2 heterocycles. The van der Waals surface area contributed by atoms with Crippen molar-refractivity contribution in [3.63, 3.8) is 0 Å². The Bertz CT molecular complexity index is 881. The topological polar surface area (TPSA) is 66.8 Å². The van der Waals surface area contributed by atoms with E-state index in [1.165, 1.54) is 24.0 Å². The van der Waals surface area contributed by atoms with E-state index in [1.807, 2.05) is 17.0 Å². The number of aryl methyl sites for hydroxylation is 2. The van der Waals surface area contributed by atoms with Crippen LogP contribution in [0.15, 0.2) is 42.5 Å². The summed E-state index contributed by atoms with van der Waals surface area (Å²) in [5.41, 5.74) is 1.35. The lowest BCUT2D eigenvalue weighted by Gasteiger charge is -2.27. The van der Waals surface area contributed by atoms with E-state index in [1.54, 1.807) is 6.07 Å². The summed E-state index contributed by atoms with van der Waals surface area (Å²) >= 11 is 1.46. The van der Waals surface area contributed by atoms with Crippen LogP contribution in [-0.2, 0) is 22.4 Å². The van der Waals surface area contributed by atoms with E-state index < -0.39 is 0 Å². The summed E-state index contributed by atoms with van der Waals surface area (Å²) < 4.78 is 4.77. The minimum absolute atomic E-state index is 0.229. The second kappa shape index (κ2) is 12.9. The van der Waals surface area contributed by atoms with Crippen LogP contribution in [0.1, 0.15) is 72.0 Å². The summed E-state index contributed by atoms with van der Waals surface area (Å²) in [5.74, 6) is 0.197. The van der Waals surface area contributed by atoms with Crippen LogP contribution in [0.2, 0.25) is 0 Å². The van der Waals surface area contributed by atoms with Gasteiger partial charge in [-0.15, -0.1) is 11.3 Å². The average Bonchev–Trinajstić information content (AvgIpc) is 3.44. The van der Waals surface area contributed by atoms with Crippen LogP contribution in [0.5, 0.6) is 0 Å². The van der Waals surface area contributed by atoms with Gasteiger partial charge < -0.3 is 14.7 Å². The number of hydrogen-bond donors (Lipinski definition) is 1. The lowest BCUT2D eigenvalue weighted by molar-refractivity contribution is -0.129. The molecule has 1 N–H and O–H groups in total. The fourth-order valence-corrected chi connectivity index (χ4v) is 5.63. The van der Waals surface area contributed by atoms with Gasteiger partial charge in [0.15, 0.2) is 0 Å². The fourth-order valence-electron chi connectivity index (χ4n) is 4.66. The van der Waals surface area contributed by atoms with Gasteiger partial charge in [0, 0.05) is 23.9 Å². The normalized spacial score (nSPS) is 17.8. The SMILES string of the molecule is COC(=O)c1ccc(CCCN2C(=O)CCC2CC[C@@H](O)[C@H](C)CCCc2ccccc2)s1. The van der Waals surface area contributed by atoms with Gasteiger partial charge in [-0.1, -0.05) is 37.3 Å². The maximum atomic E-state index is 12.4. The molecule has 3 rings (SSSR count). The van der Waals surface area contributed by atoms with Crippen LogP contribution in [0.25, 0.3) is 0 Å². The van der Waals surface area contributed by atoms with Gasteiger partial charge >= 0.3 is 5.97 Å². The van der Waals surface area contributed by atoms with Gasteiger partial charge in [-0.3, -0.25) is 4.79 Å². The van der Waals surface area contributed by atoms with Crippen molar-refractivity contribution < 1.29 is 19.4 Å². The molecule has 0 radical (unpaired) electrons. The van der Waals surface area contributed by atoms with E-state index in [0.717, 1.165) is 62.8 Å². The molecular formula is C27H37NO4S. The first kappa shape index (κ1) is 25.4. The van der Waals surface area contributed by atoms with Gasteiger partial charge in [0.25, 0.3) is 0 Å². The van der Waals surface area contributed by atoms with E-state index in [9.17, 15) is 14.7 Å². The Kier molecular flexibility index (Phi) is 9.95. The molecule has 1 aromatic carbocycles. The minimum Gasteiger partial charge on any atom is -0.465 e. The molecule has 3 atom stereocenters. The van der Waals surface area contributed by atoms with Gasteiger partial charge in [0.05, 0.1) is 13.2 Å². The molecule has 1 aliphatic heterocycles. The summed E-state index contributed by atoms with van der Waals surface area (Å²) in [6.07, 6.45) is 7.65. The van der Waals surface area contributed by atoms with Crippen LogP contribution in [-0.4, -0.2) is 47.7 Å². The van der Waals surface area contributed by atoms with Crippen molar-refractivity contribution in [2.45, 2.75) is 76.9 Å². The number of hydrogen-bond acceptors (Lipinski definition) is 5. The van der Waals surface area contributed by atoms with Gasteiger partial charge in [-0.25, -0.2) is 4.79 Å². The molecule has 1 unspecified atom stereocenters. The molecule has 33 heavy (non-hydrogen) atoms. The number of ether oxygens (including phenoxy) is 1. The molecule has 1 aromatic heterocycles. The summed E-state index contributed by atoms with van der Waals surface area (Å²) in [4.78, 5) is 27.8. The number of rotatable bonds is 13. The average molecular weight is 472 g/mol. The van der Waals surface area contributed by atoms with Crippen molar-refractivity contribution in [2.24, 2.45) is 5.92 Å². The van der Waals surface area contributed by atoms with Crippen molar-refractivity contribution in [2.75, 3.05) is 13.7 Å². The quantitative estimate of drug-likeness (QED) is 0.405. The third kappa shape index (κ3) is 7.68. The number of carbonyl (C=O) groups excluding carboxylic acids is 2. The van der Waals surface area contributed by atoms with Gasteiger partial charge in [0.1, 0.15) is 4.88 Å². The van der Waals surface area contributed by atoms with Crippen molar-refractivity contribution in [3.8, 4) is 0 Å². The Morgan fingerprint density at radius 3 is 2.70 bits per heavy atom. The third-order valence-electron chi connectivity index (χ3n) is 6.74. The molecule has 2 aromatic rings. The van der Waals surface area contributed by atoms with Crippen LogP contribution < -0.4 is 0 Å². The standard InChI is InChI=1S/C27H37NO4S/c1-20(8-6-11-21-9-4-3-5-10-21)24(29)16-13-22-14-18-26(30)28(22)19-7-12-23-15-17-25(33-23)27(31)32-2/h3-5,9-10,15,17,20,22,24,29H,6-8,11-14,16,18-19H2,1-2H3/t20-,22?,24-/m1/s1. The number of amides is 1. The number of aliphatic hydroxyl groups is 1. The summed E-state index contributed by atoms with van der Waals surface area (Å²) in [6, 6.07) is 14.5. The first-order valence-corrected chi connectivity index (χ1v) is 13.0. The molecule has 0 spiro atoms. The van der Waals surface area contributed by atoms with Crippen LogP contribution in [0.3, 0.4) is 0 Å². The lowest BCUT2D eigenvalue weighted by atomic mass is 9.92. The first-order valence-electron chi connectivity index (χ1n) is 12.2. The van der Waals surface area contributed by atoms with E-state index in [4.69, 9.17) is 4.74 Å². The highest BCUT2D eigenvalue weighted by atomic mass is 32.1. The summed E-state index contributed by atoms with van der Waals surface area (Å²) in [5, 5.41) is 10.7. The number of esters is 1. The first-order chi connectivity index (χ1) is 16.0. The van der Waals surface area contributed by atoms with E-state index in [-0.39, 0.29) is 29.9 Å². The maximum absolute atomic E-state index is 12.4. The predicted molar refractivity (Wildman–Crippen MR) is 132 cm³/mol. The van der Waals surface area contributed by atoms with Crippen molar-refractivity contribution in [3.05, 3.63) is 57.8 Å². The molecule has 0 bridgehead atoms. The van der Waals surface area contributed by atoms with Gasteiger partial charge in [0.2, 0.25) is 5.91 Å². The van der Waals surface area contributed by atoms with Crippen molar-refractivity contribution >= 4 is 23.2 Å². The minimum atomic E-state index is -0.318. The number of carbonyl (C=O) groups is 2. The maximum Gasteiger partial charge on any atom is 0.348 e. The Hall–Kier alpha value is -2.18. The van der Waals surface area contributed by atoms with Gasteiger partial charge in [-0.05, 0) is 75.0 Å². The number of nitrogens with zero attached hydrogens (tertiary/aromatic N) is 1. The molecule has 1 fully saturated rings. The Morgan fingerprint density at radius 2 is 1.94 bits per heavy atom. The zero-order valence-corrected chi connectivity index (χ0v) is 20.7. The molecule has 0 saturated carbocycles. The number of thiophene rings is 1. The zero-order chi connectivity index (χ0) is 23.6. The summed E-state index contributed by atoms with van der Waals surface area (Å²) in [7, 11) is 1.39. The smallest absolute Gasteiger partial charge is 0.348 e. The highest BCUT2D eigenvalue weighted by molar-refractivity contribution is 7.13. The largest absolute Gasteiger partial charge is 0.465 e. The van der Waals surface area contributed by atoms with Crippen LogP contribution in [0.4, 0.5) is 0 Å². The van der Waals surface area contributed by atoms with Gasteiger partial charge in [-0.2, -0.15) is 0 Å². The Morgan fingerprint density at radius 1 is 1.15 bits per heavy atom. The number of aliphatic hydroxyl groups excluding tert-OH is 1. The monoisotopic (exact) mass is 471 g/mol. The second-order valence-corrected chi connectivity index (χ2v) is 10.3.